The van der Waals surface area contributed by atoms with Crippen molar-refractivity contribution in [2.24, 2.45) is 5.16 Å². The highest BCUT2D eigenvalue weighted by Gasteiger charge is 2.19. The standard InChI is InChI=1S/C24H21ClN2OS/c1-14-8-10-18-20(12-14)16(3)29-24(18)23(27-28)19-11-9-17(13-21(19)25)26-22-7-5-4-6-15(22)2/h4-13,26,28H,1-3H3/b27-23+. The Kier molecular flexibility index (Phi) is 5.31. The molecule has 2 N–H and O–H groups in total. The van der Waals surface area contributed by atoms with Crippen LogP contribution in [0.3, 0.4) is 0 Å². The normalized spacial score (nSPS) is 11.8. The molecule has 0 fully saturated rings. The highest BCUT2D eigenvalue weighted by atomic mass is 35.5. The topological polar surface area (TPSA) is 44.6 Å². The molecule has 0 atom stereocenters. The first kappa shape index (κ1) is 19.5. The van der Waals surface area contributed by atoms with Crippen LogP contribution < -0.4 is 5.32 Å². The van der Waals surface area contributed by atoms with Gasteiger partial charge in [-0.15, -0.1) is 11.3 Å². The number of hydrogen-bond acceptors (Lipinski definition) is 4. The van der Waals surface area contributed by atoms with Gasteiger partial charge in [0.2, 0.25) is 0 Å². The Morgan fingerprint density at radius 3 is 2.48 bits per heavy atom. The third kappa shape index (κ3) is 3.74. The molecule has 4 rings (SSSR count). The van der Waals surface area contributed by atoms with Gasteiger partial charge in [-0.25, -0.2) is 0 Å². The fourth-order valence-corrected chi connectivity index (χ4v) is 4.85. The first-order valence-corrected chi connectivity index (χ1v) is 10.5. The first-order valence-electron chi connectivity index (χ1n) is 9.32. The molecule has 0 amide bonds. The third-order valence-corrected chi connectivity index (χ3v) is 6.47. The van der Waals surface area contributed by atoms with Gasteiger partial charge in [-0.3, -0.25) is 0 Å². The lowest BCUT2D eigenvalue weighted by molar-refractivity contribution is 0.320. The molecule has 1 aromatic heterocycles. The second kappa shape index (κ2) is 7.90. The zero-order valence-electron chi connectivity index (χ0n) is 16.5. The number of anilines is 2. The minimum atomic E-state index is 0.490. The van der Waals surface area contributed by atoms with Gasteiger partial charge in [-0.1, -0.05) is 58.7 Å². The van der Waals surface area contributed by atoms with Crippen molar-refractivity contribution in [3.05, 3.63) is 92.1 Å². The van der Waals surface area contributed by atoms with E-state index in [4.69, 9.17) is 11.6 Å². The van der Waals surface area contributed by atoms with Crippen LogP contribution in [0.2, 0.25) is 5.02 Å². The molecule has 0 aliphatic heterocycles. The fraction of sp³-hybridized carbons (Fsp3) is 0.125. The molecule has 1 heterocycles. The van der Waals surface area contributed by atoms with Crippen LogP contribution >= 0.6 is 22.9 Å². The molecule has 0 spiro atoms. The van der Waals surface area contributed by atoms with Gasteiger partial charge >= 0.3 is 0 Å². The molecule has 0 saturated heterocycles. The van der Waals surface area contributed by atoms with E-state index < -0.39 is 0 Å². The maximum absolute atomic E-state index is 9.84. The summed E-state index contributed by atoms with van der Waals surface area (Å²) in [5.74, 6) is 0. The largest absolute Gasteiger partial charge is 0.410 e. The average molecular weight is 421 g/mol. The number of halogens is 1. The Labute approximate surface area is 179 Å². The molecule has 4 aromatic rings. The van der Waals surface area contributed by atoms with E-state index >= 15 is 0 Å². The SMILES string of the molecule is Cc1ccc2c(/C(=N/O)c3ccc(Nc4ccccc4C)cc3Cl)sc(C)c2c1. The van der Waals surface area contributed by atoms with Crippen molar-refractivity contribution >= 4 is 50.8 Å². The fourth-order valence-electron chi connectivity index (χ4n) is 3.46. The molecule has 5 heteroatoms. The minimum Gasteiger partial charge on any atom is -0.410 e. The zero-order valence-corrected chi connectivity index (χ0v) is 18.0. The van der Waals surface area contributed by atoms with Gasteiger partial charge in [-0.05, 0) is 56.0 Å². The van der Waals surface area contributed by atoms with Crippen LogP contribution in [0.5, 0.6) is 0 Å². The third-order valence-electron chi connectivity index (χ3n) is 5.02. The summed E-state index contributed by atoms with van der Waals surface area (Å²) in [6, 6.07) is 20.1. The van der Waals surface area contributed by atoms with Crippen molar-refractivity contribution in [1.29, 1.82) is 0 Å². The number of thiophene rings is 1. The molecule has 0 aliphatic carbocycles. The van der Waals surface area contributed by atoms with E-state index in [1.807, 2.05) is 36.4 Å². The van der Waals surface area contributed by atoms with E-state index in [9.17, 15) is 5.21 Å². The Morgan fingerprint density at radius 1 is 0.966 bits per heavy atom. The molecule has 29 heavy (non-hydrogen) atoms. The molecule has 0 aliphatic rings. The Balaban J connectivity index is 1.73. The molecular formula is C24H21ClN2OS. The smallest absolute Gasteiger partial charge is 0.129 e. The van der Waals surface area contributed by atoms with E-state index in [1.54, 1.807) is 11.3 Å². The second-order valence-corrected chi connectivity index (χ2v) is 8.75. The Bertz CT molecular complexity index is 1240. The van der Waals surface area contributed by atoms with Crippen LogP contribution in [0.15, 0.2) is 65.8 Å². The number of benzene rings is 3. The van der Waals surface area contributed by atoms with E-state index in [2.05, 4.69) is 55.5 Å². The zero-order chi connectivity index (χ0) is 20.5. The highest BCUT2D eigenvalue weighted by Crippen LogP contribution is 2.35. The number of oxime groups is 1. The molecule has 0 radical (unpaired) electrons. The molecule has 0 unspecified atom stereocenters. The van der Waals surface area contributed by atoms with Crippen molar-refractivity contribution in [3.8, 4) is 0 Å². The summed E-state index contributed by atoms with van der Waals surface area (Å²) in [7, 11) is 0. The monoisotopic (exact) mass is 420 g/mol. The maximum Gasteiger partial charge on any atom is 0.129 e. The number of nitrogens with one attached hydrogen (secondary N) is 1. The number of para-hydroxylation sites is 1. The molecule has 0 saturated carbocycles. The number of rotatable bonds is 4. The molecule has 3 aromatic carbocycles. The van der Waals surface area contributed by atoms with Crippen molar-refractivity contribution in [3.63, 3.8) is 0 Å². The Hall–Kier alpha value is -2.82. The van der Waals surface area contributed by atoms with Crippen LogP contribution in [0.4, 0.5) is 11.4 Å². The molecule has 146 valence electrons. The van der Waals surface area contributed by atoms with Crippen molar-refractivity contribution < 1.29 is 5.21 Å². The van der Waals surface area contributed by atoms with Gasteiger partial charge < -0.3 is 10.5 Å². The number of fused-ring (bicyclic) bond motifs is 1. The van der Waals surface area contributed by atoms with Gasteiger partial charge in [-0.2, -0.15) is 0 Å². The molecule has 3 nitrogen and oxygen atoms in total. The van der Waals surface area contributed by atoms with Crippen molar-refractivity contribution in [2.45, 2.75) is 20.8 Å². The summed E-state index contributed by atoms with van der Waals surface area (Å²) in [6.45, 7) is 6.22. The van der Waals surface area contributed by atoms with Gasteiger partial charge in [0.1, 0.15) is 5.71 Å². The van der Waals surface area contributed by atoms with Gasteiger partial charge in [0.05, 0.1) is 9.90 Å². The van der Waals surface area contributed by atoms with Gasteiger partial charge in [0.25, 0.3) is 0 Å². The van der Waals surface area contributed by atoms with E-state index in [0.29, 0.717) is 16.3 Å². The quantitative estimate of drug-likeness (QED) is 0.204. The Morgan fingerprint density at radius 2 is 1.76 bits per heavy atom. The van der Waals surface area contributed by atoms with Crippen LogP contribution in [-0.2, 0) is 0 Å². The number of aryl methyl sites for hydroxylation is 3. The van der Waals surface area contributed by atoms with Crippen LogP contribution in [0.1, 0.15) is 26.4 Å². The van der Waals surface area contributed by atoms with Crippen molar-refractivity contribution in [1.82, 2.24) is 0 Å². The van der Waals surface area contributed by atoms with E-state index in [0.717, 1.165) is 27.2 Å². The van der Waals surface area contributed by atoms with E-state index in [-0.39, 0.29) is 0 Å². The summed E-state index contributed by atoms with van der Waals surface area (Å²) < 4.78 is 0. The van der Waals surface area contributed by atoms with Crippen LogP contribution in [0, 0.1) is 20.8 Å². The summed E-state index contributed by atoms with van der Waals surface area (Å²) in [5, 5.41) is 19.6. The van der Waals surface area contributed by atoms with Gasteiger partial charge in [0, 0.05) is 27.2 Å². The number of hydrogen-bond donors (Lipinski definition) is 2. The van der Waals surface area contributed by atoms with E-state index in [1.165, 1.54) is 15.8 Å². The first-order chi connectivity index (χ1) is 14.0. The number of nitrogens with zero attached hydrogens (tertiary/aromatic N) is 1. The second-order valence-electron chi connectivity index (χ2n) is 7.12. The lowest BCUT2D eigenvalue weighted by Crippen LogP contribution is -2.03. The van der Waals surface area contributed by atoms with Gasteiger partial charge in [0.15, 0.2) is 0 Å². The lowest BCUT2D eigenvalue weighted by atomic mass is 10.0. The molecule has 0 bridgehead atoms. The lowest BCUT2D eigenvalue weighted by Gasteiger charge is -2.12. The highest BCUT2D eigenvalue weighted by molar-refractivity contribution is 7.16. The van der Waals surface area contributed by atoms with Crippen LogP contribution in [0.25, 0.3) is 10.8 Å². The summed E-state index contributed by atoms with van der Waals surface area (Å²) in [6.07, 6.45) is 0. The predicted molar refractivity (Wildman–Crippen MR) is 125 cm³/mol. The predicted octanol–water partition coefficient (Wildman–Crippen LogP) is 7.45. The molecular weight excluding hydrogens is 400 g/mol. The van der Waals surface area contributed by atoms with Crippen molar-refractivity contribution in [2.75, 3.05) is 5.32 Å². The minimum absolute atomic E-state index is 0.490. The average Bonchev–Trinajstić information content (AvgIpc) is 3.02. The summed E-state index contributed by atoms with van der Waals surface area (Å²) >= 11 is 8.23. The maximum atomic E-state index is 9.84. The summed E-state index contributed by atoms with van der Waals surface area (Å²) in [5.41, 5.74) is 5.46. The van der Waals surface area contributed by atoms with Crippen LogP contribution in [-0.4, -0.2) is 10.9 Å². The summed E-state index contributed by atoms with van der Waals surface area (Å²) in [4.78, 5) is 2.11.